The first-order valence-corrected chi connectivity index (χ1v) is 23.1. The van der Waals surface area contributed by atoms with Crippen molar-refractivity contribution in [2.75, 3.05) is 9.80 Å². The Kier molecular flexibility index (Phi) is 8.47. The van der Waals surface area contributed by atoms with Gasteiger partial charge in [0.2, 0.25) is 0 Å². The lowest BCUT2D eigenvalue weighted by Gasteiger charge is -2.45. The lowest BCUT2D eigenvalue weighted by molar-refractivity contribution is 0.464. The number of benzene rings is 10. The summed E-state index contributed by atoms with van der Waals surface area (Å²) in [5.41, 5.74) is 20.4. The van der Waals surface area contributed by atoms with Crippen LogP contribution >= 0.6 is 0 Å². The topological polar surface area (TPSA) is 48.7 Å². The third-order valence-electron chi connectivity index (χ3n) is 14.2. The second kappa shape index (κ2) is 15.0. The van der Waals surface area contributed by atoms with Crippen molar-refractivity contribution < 1.29 is 9.47 Å². The van der Waals surface area contributed by atoms with Crippen LogP contribution < -0.4 is 52.1 Å². The van der Waals surface area contributed by atoms with Gasteiger partial charge < -0.3 is 19.3 Å². The molecule has 0 unspecified atom stereocenters. The molecule has 10 aromatic rings. The van der Waals surface area contributed by atoms with Crippen molar-refractivity contribution in [3.8, 4) is 62.4 Å². The molecule has 0 aliphatic carbocycles. The fourth-order valence-corrected chi connectivity index (χ4v) is 11.3. The van der Waals surface area contributed by atoms with Crippen LogP contribution in [0, 0.1) is 11.3 Å². The largest absolute Gasteiger partial charge is 0.458 e. The minimum atomic E-state index is -0.145. The number of nitrogens with zero attached hydrogens (tertiary/aromatic N) is 3. The van der Waals surface area contributed by atoms with Crippen molar-refractivity contribution >= 4 is 80.3 Å². The lowest BCUT2D eigenvalue weighted by atomic mass is 9.31. The first kappa shape index (κ1) is 38.3. The molecule has 0 N–H and O–H groups in total. The van der Waals surface area contributed by atoms with Crippen LogP contribution in [0.25, 0.3) is 33.4 Å². The molecule has 0 saturated carbocycles. The van der Waals surface area contributed by atoms with E-state index in [9.17, 15) is 5.26 Å². The Morgan fingerprint density at radius 1 is 0.338 bits per heavy atom. The molecule has 4 aliphatic rings. The van der Waals surface area contributed by atoms with E-state index < -0.39 is 0 Å². The highest BCUT2D eigenvalue weighted by atomic mass is 16.5. The Bertz CT molecular complexity index is 3680. The summed E-state index contributed by atoms with van der Waals surface area (Å²) in [5.74, 6) is 3.35. The van der Waals surface area contributed by atoms with Gasteiger partial charge in [0.05, 0.1) is 17.3 Å². The monoisotopic (exact) mass is 865 g/mol. The first-order chi connectivity index (χ1) is 33.7. The highest BCUT2D eigenvalue weighted by Crippen LogP contribution is 2.48. The second-order valence-electron chi connectivity index (χ2n) is 17.9. The molecule has 0 amide bonds. The van der Waals surface area contributed by atoms with E-state index in [4.69, 9.17) is 9.47 Å². The number of ether oxygens (including phenoxy) is 2. The highest BCUT2D eigenvalue weighted by Gasteiger charge is 2.47. The second-order valence-corrected chi connectivity index (χ2v) is 17.9. The minimum Gasteiger partial charge on any atom is -0.458 e. The molecule has 5 nitrogen and oxygen atoms in total. The van der Waals surface area contributed by atoms with Crippen LogP contribution in [0.4, 0.5) is 34.1 Å². The number of rotatable bonds is 5. The van der Waals surface area contributed by atoms with Crippen LogP contribution in [-0.2, 0) is 0 Å². The predicted molar refractivity (Wildman–Crippen MR) is 279 cm³/mol. The van der Waals surface area contributed by atoms with Gasteiger partial charge in [-0.1, -0.05) is 140 Å². The summed E-state index contributed by atoms with van der Waals surface area (Å²) in [4.78, 5) is 4.91. The molecular formula is C61H37B2N3O2. The van der Waals surface area contributed by atoms with Gasteiger partial charge in [0, 0.05) is 39.5 Å². The standard InChI is InChI=1S/C61H37B2N3O2/c64-38-39-30-31-51(46(32-39)42-20-8-3-9-21-42)66-52-24-12-10-22-47(52)62-49-37-59-50(63-48-23-11-13-27-56(48)67-57-28-15-29-58(68-59)61(57)63)36-55(49)65(53-25-14-26-54(66)60(53)62)45-34-43(40-16-4-1-5-17-40)33-44(35-45)41-18-6-2-7-19-41/h1-37H. The molecular weight excluding hydrogens is 828 g/mol. The average molecular weight is 866 g/mol. The third-order valence-corrected chi connectivity index (χ3v) is 14.2. The molecule has 68 heavy (non-hydrogen) atoms. The summed E-state index contributed by atoms with van der Waals surface area (Å²) in [7, 11) is 0. The maximum atomic E-state index is 10.2. The van der Waals surface area contributed by atoms with E-state index in [0.29, 0.717) is 5.56 Å². The number of fused-ring (bicyclic) bond motifs is 8. The summed E-state index contributed by atoms with van der Waals surface area (Å²) < 4.78 is 13.6. The number of anilines is 6. The average Bonchev–Trinajstić information content (AvgIpc) is 3.41. The normalized spacial score (nSPS) is 13.1. The summed E-state index contributed by atoms with van der Waals surface area (Å²) in [6, 6.07) is 82.2. The molecule has 0 radical (unpaired) electrons. The molecule has 0 atom stereocenters. The van der Waals surface area contributed by atoms with Crippen molar-refractivity contribution in [1.29, 1.82) is 5.26 Å². The van der Waals surface area contributed by atoms with Gasteiger partial charge in [-0.25, -0.2) is 0 Å². The Hall–Kier alpha value is -8.98. The molecule has 4 heterocycles. The molecule has 0 aromatic heterocycles. The molecule has 0 saturated heterocycles. The maximum absolute atomic E-state index is 10.2. The fraction of sp³-hybridized carbons (Fsp3) is 0. The Morgan fingerprint density at radius 2 is 0.897 bits per heavy atom. The summed E-state index contributed by atoms with van der Waals surface area (Å²) >= 11 is 0. The Morgan fingerprint density at radius 3 is 1.60 bits per heavy atom. The van der Waals surface area contributed by atoms with Crippen molar-refractivity contribution in [2.45, 2.75) is 0 Å². The van der Waals surface area contributed by atoms with Gasteiger partial charge in [-0.05, 0) is 140 Å². The molecule has 7 heteroatoms. The highest BCUT2D eigenvalue weighted by molar-refractivity contribution is 7.01. The molecule has 0 spiro atoms. The van der Waals surface area contributed by atoms with Gasteiger partial charge in [-0.3, -0.25) is 0 Å². The van der Waals surface area contributed by atoms with E-state index >= 15 is 0 Å². The molecule has 0 bridgehead atoms. The van der Waals surface area contributed by atoms with Crippen molar-refractivity contribution in [3.05, 3.63) is 230 Å². The van der Waals surface area contributed by atoms with Gasteiger partial charge in [0.25, 0.3) is 13.4 Å². The van der Waals surface area contributed by atoms with Crippen LogP contribution in [0.15, 0.2) is 224 Å². The quantitative estimate of drug-likeness (QED) is 0.161. The maximum Gasteiger partial charge on any atom is 0.260 e. The Labute approximate surface area is 395 Å². The minimum absolute atomic E-state index is 0.104. The van der Waals surface area contributed by atoms with Gasteiger partial charge >= 0.3 is 0 Å². The predicted octanol–water partition coefficient (Wildman–Crippen LogP) is 11.4. The van der Waals surface area contributed by atoms with Crippen molar-refractivity contribution in [1.82, 2.24) is 0 Å². The van der Waals surface area contributed by atoms with E-state index in [1.807, 2.05) is 30.3 Å². The molecule has 0 fully saturated rings. The van der Waals surface area contributed by atoms with Crippen molar-refractivity contribution in [3.63, 3.8) is 0 Å². The summed E-state index contributed by atoms with van der Waals surface area (Å²) in [5, 5.41) is 10.2. The van der Waals surface area contributed by atoms with Crippen LogP contribution in [0.5, 0.6) is 23.0 Å². The molecule has 10 aromatic carbocycles. The van der Waals surface area contributed by atoms with E-state index in [1.54, 1.807) is 0 Å². The van der Waals surface area contributed by atoms with Crippen LogP contribution in [0.1, 0.15) is 5.56 Å². The van der Waals surface area contributed by atoms with E-state index in [1.165, 1.54) is 10.9 Å². The Balaban J connectivity index is 1.07. The van der Waals surface area contributed by atoms with Gasteiger partial charge in [-0.2, -0.15) is 5.26 Å². The zero-order valence-electron chi connectivity index (χ0n) is 36.7. The van der Waals surface area contributed by atoms with Crippen molar-refractivity contribution in [2.24, 2.45) is 0 Å². The smallest absolute Gasteiger partial charge is 0.260 e. The number of nitriles is 1. The number of para-hydroxylation sites is 2. The van der Waals surface area contributed by atoms with E-state index in [-0.39, 0.29) is 13.4 Å². The molecule has 314 valence electrons. The lowest BCUT2D eigenvalue weighted by Crippen LogP contribution is -2.63. The molecule has 14 rings (SSSR count). The zero-order chi connectivity index (χ0) is 44.9. The number of hydrogen-bond donors (Lipinski definition) is 0. The zero-order valence-corrected chi connectivity index (χ0v) is 36.7. The summed E-state index contributed by atoms with van der Waals surface area (Å²) in [6.07, 6.45) is 0. The van der Waals surface area contributed by atoms with Gasteiger partial charge in [-0.15, -0.1) is 0 Å². The number of hydrogen-bond acceptors (Lipinski definition) is 5. The summed E-state index contributed by atoms with van der Waals surface area (Å²) in [6.45, 7) is -0.250. The fourth-order valence-electron chi connectivity index (χ4n) is 11.3. The first-order valence-electron chi connectivity index (χ1n) is 23.1. The van der Waals surface area contributed by atoms with Crippen LogP contribution in [0.2, 0.25) is 0 Å². The third kappa shape index (κ3) is 5.78. The van der Waals surface area contributed by atoms with E-state index in [0.717, 1.165) is 112 Å². The van der Waals surface area contributed by atoms with Gasteiger partial charge in [0.15, 0.2) is 0 Å². The van der Waals surface area contributed by atoms with Gasteiger partial charge in [0.1, 0.15) is 23.0 Å². The van der Waals surface area contributed by atoms with E-state index in [2.05, 4.69) is 210 Å². The van der Waals surface area contributed by atoms with Crippen LogP contribution in [-0.4, -0.2) is 13.4 Å². The van der Waals surface area contributed by atoms with Crippen LogP contribution in [0.3, 0.4) is 0 Å². The molecule has 4 aliphatic heterocycles. The SMILES string of the molecule is N#Cc1ccc(N2c3ccccc3B3c4cc5c(cc4N(c4cc(-c6ccccc6)cc(-c6ccccc6)c4)c4cccc2c43)B2c3ccccc3Oc3cccc(c32)O5)c(-c2ccccc2)c1.